The molecule has 0 bridgehead atoms. The summed E-state index contributed by atoms with van der Waals surface area (Å²) >= 11 is 0. The number of hydrogen-bond donors (Lipinski definition) is 0. The molecular formula is C18H23F4NO4S. The standard InChI is InChI=1S/C18H23F4NO4S/c1-2-9-23(12-5-3-4-6-12)13-10-14-16(27-28(24,25)18(20,21)22)8-7-15(19)17(14)26-11-13/h7-8,12-13H,2-6,9-11H2,1H3/t13-/m1/s1. The predicted molar refractivity (Wildman–Crippen MR) is 94.2 cm³/mol. The molecule has 158 valence electrons. The lowest BCUT2D eigenvalue weighted by Crippen LogP contribution is -2.48. The van der Waals surface area contributed by atoms with Crippen molar-refractivity contribution in [3.63, 3.8) is 0 Å². The van der Waals surface area contributed by atoms with Gasteiger partial charge >= 0.3 is 15.6 Å². The van der Waals surface area contributed by atoms with Gasteiger partial charge in [-0.2, -0.15) is 21.6 Å². The van der Waals surface area contributed by atoms with E-state index in [0.717, 1.165) is 50.8 Å². The second kappa shape index (κ2) is 8.06. The summed E-state index contributed by atoms with van der Waals surface area (Å²) in [5, 5.41) is 0. The molecule has 1 heterocycles. The Bertz CT molecular complexity index is 807. The highest BCUT2D eigenvalue weighted by Gasteiger charge is 2.49. The van der Waals surface area contributed by atoms with Crippen molar-refractivity contribution in [3.05, 3.63) is 23.5 Å². The zero-order chi connectivity index (χ0) is 20.5. The molecule has 0 radical (unpaired) electrons. The fourth-order valence-electron chi connectivity index (χ4n) is 4.02. The molecule has 1 fully saturated rings. The van der Waals surface area contributed by atoms with Gasteiger partial charge in [0.25, 0.3) is 0 Å². The normalized spacial score (nSPS) is 20.9. The van der Waals surface area contributed by atoms with Gasteiger partial charge in [-0.25, -0.2) is 4.39 Å². The minimum Gasteiger partial charge on any atom is -0.488 e. The van der Waals surface area contributed by atoms with Crippen molar-refractivity contribution in [1.29, 1.82) is 0 Å². The van der Waals surface area contributed by atoms with E-state index in [0.29, 0.717) is 6.04 Å². The summed E-state index contributed by atoms with van der Waals surface area (Å²) in [5.41, 5.74) is -5.55. The lowest BCUT2D eigenvalue weighted by atomic mass is 9.98. The van der Waals surface area contributed by atoms with E-state index in [1.165, 1.54) is 0 Å². The molecule has 0 N–H and O–H groups in total. The van der Waals surface area contributed by atoms with Gasteiger partial charge in [0, 0.05) is 17.6 Å². The van der Waals surface area contributed by atoms with Crippen molar-refractivity contribution in [2.45, 2.75) is 63.0 Å². The summed E-state index contributed by atoms with van der Waals surface area (Å²) in [6, 6.07) is 1.91. The van der Waals surface area contributed by atoms with Crippen LogP contribution in [-0.2, 0) is 16.5 Å². The number of ether oxygens (including phenoxy) is 1. The molecule has 0 saturated heterocycles. The van der Waals surface area contributed by atoms with E-state index in [-0.39, 0.29) is 30.4 Å². The van der Waals surface area contributed by atoms with E-state index in [1.54, 1.807) is 0 Å². The molecule has 28 heavy (non-hydrogen) atoms. The Morgan fingerprint density at radius 1 is 1.21 bits per heavy atom. The Morgan fingerprint density at radius 3 is 2.50 bits per heavy atom. The summed E-state index contributed by atoms with van der Waals surface area (Å²) in [7, 11) is -5.85. The minimum absolute atomic E-state index is 0.0168. The number of nitrogens with zero attached hydrogens (tertiary/aromatic N) is 1. The maximum Gasteiger partial charge on any atom is 0.534 e. The van der Waals surface area contributed by atoms with Crippen LogP contribution in [0.1, 0.15) is 44.6 Å². The van der Waals surface area contributed by atoms with E-state index >= 15 is 0 Å². The van der Waals surface area contributed by atoms with Crippen LogP contribution >= 0.6 is 0 Å². The molecule has 1 aliphatic carbocycles. The maximum atomic E-state index is 14.1. The first-order valence-electron chi connectivity index (χ1n) is 9.34. The van der Waals surface area contributed by atoms with E-state index in [1.807, 2.05) is 6.92 Å². The quantitative estimate of drug-likeness (QED) is 0.392. The maximum absolute atomic E-state index is 14.1. The van der Waals surface area contributed by atoms with Gasteiger partial charge in [-0.15, -0.1) is 0 Å². The van der Waals surface area contributed by atoms with Gasteiger partial charge < -0.3 is 8.92 Å². The van der Waals surface area contributed by atoms with Gasteiger partial charge in [-0.05, 0) is 44.4 Å². The number of alkyl halides is 3. The van der Waals surface area contributed by atoms with E-state index in [4.69, 9.17) is 4.74 Å². The highest BCUT2D eigenvalue weighted by atomic mass is 32.2. The van der Waals surface area contributed by atoms with Crippen LogP contribution in [0.15, 0.2) is 12.1 Å². The van der Waals surface area contributed by atoms with Crippen LogP contribution in [0.25, 0.3) is 0 Å². The van der Waals surface area contributed by atoms with Crippen molar-refractivity contribution < 1.29 is 34.9 Å². The van der Waals surface area contributed by atoms with Crippen LogP contribution in [-0.4, -0.2) is 44.1 Å². The summed E-state index contributed by atoms with van der Waals surface area (Å²) < 4.78 is 85.0. The molecule has 0 amide bonds. The molecule has 0 aromatic heterocycles. The summed E-state index contributed by atoms with van der Waals surface area (Å²) in [5.74, 6) is -1.54. The lowest BCUT2D eigenvalue weighted by Gasteiger charge is -2.39. The minimum atomic E-state index is -5.85. The Hall–Kier alpha value is -1.55. The van der Waals surface area contributed by atoms with E-state index in [2.05, 4.69) is 9.08 Å². The average molecular weight is 425 g/mol. The van der Waals surface area contributed by atoms with Crippen LogP contribution in [0, 0.1) is 5.82 Å². The molecular weight excluding hydrogens is 402 g/mol. The third-order valence-electron chi connectivity index (χ3n) is 5.26. The number of benzene rings is 1. The Balaban J connectivity index is 1.91. The highest BCUT2D eigenvalue weighted by molar-refractivity contribution is 7.88. The molecule has 1 aromatic rings. The molecule has 5 nitrogen and oxygen atoms in total. The molecule has 0 unspecified atom stereocenters. The second-order valence-corrected chi connectivity index (χ2v) is 8.72. The molecule has 1 atom stereocenters. The number of halogens is 4. The Morgan fingerprint density at radius 2 is 1.89 bits per heavy atom. The number of fused-ring (bicyclic) bond motifs is 1. The Labute approximate surface area is 161 Å². The van der Waals surface area contributed by atoms with Gasteiger partial charge in [0.15, 0.2) is 11.6 Å². The molecule has 2 aliphatic rings. The van der Waals surface area contributed by atoms with Gasteiger partial charge in [0.1, 0.15) is 12.4 Å². The van der Waals surface area contributed by atoms with Crippen LogP contribution in [0.3, 0.4) is 0 Å². The molecule has 1 aromatic carbocycles. The lowest BCUT2D eigenvalue weighted by molar-refractivity contribution is -0.0500. The van der Waals surface area contributed by atoms with Gasteiger partial charge in [-0.3, -0.25) is 4.90 Å². The van der Waals surface area contributed by atoms with Crippen molar-refractivity contribution >= 4 is 10.1 Å². The molecule has 1 saturated carbocycles. The third-order valence-corrected chi connectivity index (χ3v) is 6.22. The van der Waals surface area contributed by atoms with Crippen molar-refractivity contribution in [2.24, 2.45) is 0 Å². The smallest absolute Gasteiger partial charge is 0.488 e. The number of hydrogen-bond acceptors (Lipinski definition) is 5. The van der Waals surface area contributed by atoms with Gasteiger partial charge in [0.2, 0.25) is 0 Å². The zero-order valence-electron chi connectivity index (χ0n) is 15.5. The van der Waals surface area contributed by atoms with Crippen molar-refractivity contribution in [1.82, 2.24) is 4.90 Å². The zero-order valence-corrected chi connectivity index (χ0v) is 16.3. The third kappa shape index (κ3) is 4.22. The first kappa shape index (κ1) is 21.2. The molecule has 0 spiro atoms. The molecule has 3 rings (SSSR count). The van der Waals surface area contributed by atoms with E-state index < -0.39 is 27.2 Å². The summed E-state index contributed by atoms with van der Waals surface area (Å²) in [6.45, 7) is 3.00. The average Bonchev–Trinajstić information content (AvgIpc) is 3.15. The number of rotatable bonds is 6. The first-order valence-corrected chi connectivity index (χ1v) is 10.8. The molecule has 1 aliphatic heterocycles. The summed E-state index contributed by atoms with van der Waals surface area (Å²) in [6.07, 6.45) is 5.32. The van der Waals surface area contributed by atoms with E-state index in [9.17, 15) is 26.0 Å². The fraction of sp³-hybridized carbons (Fsp3) is 0.667. The summed E-state index contributed by atoms with van der Waals surface area (Å²) in [4.78, 5) is 2.25. The predicted octanol–water partition coefficient (Wildman–Crippen LogP) is 4.01. The highest BCUT2D eigenvalue weighted by Crippen LogP contribution is 2.39. The SMILES string of the molecule is CCCN(C1CCCC1)[C@H]1COc2c(F)ccc(OS(=O)(=O)C(F)(F)F)c2C1. The van der Waals surface area contributed by atoms with Gasteiger partial charge in [0.05, 0.1) is 0 Å². The van der Waals surface area contributed by atoms with Crippen molar-refractivity contribution in [3.8, 4) is 11.5 Å². The largest absolute Gasteiger partial charge is 0.534 e. The first-order chi connectivity index (χ1) is 13.1. The topological polar surface area (TPSA) is 55.8 Å². The second-order valence-electron chi connectivity index (χ2n) is 7.18. The fourth-order valence-corrected chi connectivity index (χ4v) is 4.51. The van der Waals surface area contributed by atoms with Crippen LogP contribution < -0.4 is 8.92 Å². The van der Waals surface area contributed by atoms with Crippen LogP contribution in [0.5, 0.6) is 11.5 Å². The van der Waals surface area contributed by atoms with Crippen LogP contribution in [0.2, 0.25) is 0 Å². The van der Waals surface area contributed by atoms with Crippen LogP contribution in [0.4, 0.5) is 17.6 Å². The molecule has 10 heteroatoms. The van der Waals surface area contributed by atoms with Crippen molar-refractivity contribution in [2.75, 3.05) is 13.2 Å². The van der Waals surface area contributed by atoms with Gasteiger partial charge in [-0.1, -0.05) is 19.8 Å². The Kier molecular flexibility index (Phi) is 6.09. The monoisotopic (exact) mass is 425 g/mol.